The molecular weight excluding hydrogens is 323 g/mol. The average molecular weight is 337 g/mol. The average Bonchev–Trinajstić information content (AvgIpc) is 2.52. The number of benzene rings is 2. The Morgan fingerprint density at radius 1 is 1.18 bits per heavy atom. The summed E-state index contributed by atoms with van der Waals surface area (Å²) in [5, 5.41) is 4.63. The first-order valence-corrected chi connectivity index (χ1v) is 7.37. The van der Waals surface area contributed by atoms with Gasteiger partial charge in [-0.3, -0.25) is 4.79 Å². The summed E-state index contributed by atoms with van der Waals surface area (Å²) in [7, 11) is 0. The summed E-state index contributed by atoms with van der Waals surface area (Å²) >= 11 is 11.7. The molecule has 6 heteroatoms. The molecule has 0 saturated heterocycles. The number of carbonyl (C=O) groups is 1. The molecule has 22 heavy (non-hydrogen) atoms. The second kappa shape index (κ2) is 7.82. The van der Waals surface area contributed by atoms with Crippen LogP contribution in [0.4, 0.5) is 0 Å². The van der Waals surface area contributed by atoms with Crippen molar-refractivity contribution in [1.29, 1.82) is 0 Å². The maximum absolute atomic E-state index is 11.9. The SMILES string of the molecule is CCOc1ccc(/C=N/NC(=O)c2ccc(Cl)c(Cl)c2)cc1. The van der Waals surface area contributed by atoms with E-state index in [-0.39, 0.29) is 5.91 Å². The van der Waals surface area contributed by atoms with Gasteiger partial charge in [-0.1, -0.05) is 23.2 Å². The van der Waals surface area contributed by atoms with Crippen LogP contribution in [-0.2, 0) is 0 Å². The first-order chi connectivity index (χ1) is 10.6. The lowest BCUT2D eigenvalue weighted by Crippen LogP contribution is -2.17. The van der Waals surface area contributed by atoms with E-state index in [0.29, 0.717) is 22.2 Å². The van der Waals surface area contributed by atoms with Crippen LogP contribution in [-0.4, -0.2) is 18.7 Å². The fourth-order valence-corrected chi connectivity index (χ4v) is 1.98. The van der Waals surface area contributed by atoms with E-state index < -0.39 is 0 Å². The second-order valence-corrected chi connectivity index (χ2v) is 5.14. The van der Waals surface area contributed by atoms with Crippen LogP contribution in [0.5, 0.6) is 5.75 Å². The minimum Gasteiger partial charge on any atom is -0.494 e. The number of nitrogens with one attached hydrogen (secondary N) is 1. The van der Waals surface area contributed by atoms with Crippen molar-refractivity contribution in [2.45, 2.75) is 6.92 Å². The van der Waals surface area contributed by atoms with Crippen molar-refractivity contribution in [3.05, 3.63) is 63.6 Å². The molecule has 1 amide bonds. The maximum Gasteiger partial charge on any atom is 0.271 e. The van der Waals surface area contributed by atoms with Gasteiger partial charge in [-0.2, -0.15) is 5.10 Å². The number of hydrogen-bond acceptors (Lipinski definition) is 3. The van der Waals surface area contributed by atoms with Crippen LogP contribution in [0.1, 0.15) is 22.8 Å². The van der Waals surface area contributed by atoms with E-state index in [2.05, 4.69) is 10.5 Å². The van der Waals surface area contributed by atoms with E-state index in [9.17, 15) is 4.79 Å². The highest BCUT2D eigenvalue weighted by molar-refractivity contribution is 6.42. The van der Waals surface area contributed by atoms with Gasteiger partial charge in [-0.05, 0) is 55.0 Å². The Bertz CT molecular complexity index is 685. The predicted octanol–water partition coefficient (Wildman–Crippen LogP) is 4.16. The van der Waals surface area contributed by atoms with Gasteiger partial charge < -0.3 is 4.74 Å². The molecule has 0 aliphatic rings. The summed E-state index contributed by atoms with van der Waals surface area (Å²) in [6.07, 6.45) is 1.55. The lowest BCUT2D eigenvalue weighted by molar-refractivity contribution is 0.0955. The minimum absolute atomic E-state index is 0.324. The quantitative estimate of drug-likeness (QED) is 0.658. The topological polar surface area (TPSA) is 50.7 Å². The Hall–Kier alpha value is -2.04. The van der Waals surface area contributed by atoms with Crippen molar-refractivity contribution in [3.63, 3.8) is 0 Å². The van der Waals surface area contributed by atoms with Crippen LogP contribution >= 0.6 is 23.2 Å². The molecule has 0 saturated carbocycles. The number of hydrazone groups is 1. The van der Waals surface area contributed by atoms with Gasteiger partial charge in [0.1, 0.15) is 5.75 Å². The van der Waals surface area contributed by atoms with Crippen LogP contribution in [0.15, 0.2) is 47.6 Å². The van der Waals surface area contributed by atoms with Gasteiger partial charge in [0.25, 0.3) is 5.91 Å². The number of halogens is 2. The number of nitrogens with zero attached hydrogens (tertiary/aromatic N) is 1. The summed E-state index contributed by atoms with van der Waals surface area (Å²) in [6.45, 7) is 2.54. The van der Waals surface area contributed by atoms with E-state index in [1.54, 1.807) is 18.3 Å². The van der Waals surface area contributed by atoms with E-state index in [0.717, 1.165) is 11.3 Å². The molecule has 1 N–H and O–H groups in total. The first kappa shape index (κ1) is 16.3. The highest BCUT2D eigenvalue weighted by Crippen LogP contribution is 2.22. The zero-order valence-corrected chi connectivity index (χ0v) is 13.4. The van der Waals surface area contributed by atoms with Gasteiger partial charge in [0, 0.05) is 5.56 Å². The molecular formula is C16H14Cl2N2O2. The largest absolute Gasteiger partial charge is 0.494 e. The van der Waals surface area contributed by atoms with Gasteiger partial charge in [0.2, 0.25) is 0 Å². The molecule has 0 aliphatic carbocycles. The lowest BCUT2D eigenvalue weighted by Gasteiger charge is -2.03. The highest BCUT2D eigenvalue weighted by Gasteiger charge is 2.06. The second-order valence-electron chi connectivity index (χ2n) is 4.33. The Morgan fingerprint density at radius 2 is 1.91 bits per heavy atom. The zero-order chi connectivity index (χ0) is 15.9. The fourth-order valence-electron chi connectivity index (χ4n) is 1.68. The molecule has 0 unspecified atom stereocenters. The van der Waals surface area contributed by atoms with Crippen LogP contribution in [0.3, 0.4) is 0 Å². The van der Waals surface area contributed by atoms with Crippen LogP contribution in [0, 0.1) is 0 Å². The summed E-state index contributed by atoms with van der Waals surface area (Å²) in [5.74, 6) is 0.431. The third-order valence-electron chi connectivity index (χ3n) is 2.75. The number of ether oxygens (including phenoxy) is 1. The monoisotopic (exact) mass is 336 g/mol. The number of hydrogen-bond donors (Lipinski definition) is 1. The molecule has 2 aromatic carbocycles. The van der Waals surface area contributed by atoms with E-state index in [4.69, 9.17) is 27.9 Å². The Balaban J connectivity index is 1.96. The third kappa shape index (κ3) is 4.48. The Morgan fingerprint density at radius 3 is 2.55 bits per heavy atom. The Labute approximate surface area is 138 Å². The van der Waals surface area contributed by atoms with Crippen molar-refractivity contribution < 1.29 is 9.53 Å². The number of carbonyl (C=O) groups excluding carboxylic acids is 1. The summed E-state index contributed by atoms with van der Waals surface area (Å²) < 4.78 is 5.34. The molecule has 0 spiro atoms. The molecule has 0 radical (unpaired) electrons. The van der Waals surface area contributed by atoms with Gasteiger partial charge in [0.15, 0.2) is 0 Å². The minimum atomic E-state index is -0.360. The van der Waals surface area contributed by atoms with Crippen LogP contribution in [0.25, 0.3) is 0 Å². The van der Waals surface area contributed by atoms with Crippen molar-refractivity contribution >= 4 is 35.3 Å². The van der Waals surface area contributed by atoms with E-state index >= 15 is 0 Å². The maximum atomic E-state index is 11.9. The van der Waals surface area contributed by atoms with Crippen molar-refractivity contribution in [1.82, 2.24) is 5.43 Å². The molecule has 4 nitrogen and oxygen atoms in total. The van der Waals surface area contributed by atoms with Gasteiger partial charge >= 0.3 is 0 Å². The Kier molecular flexibility index (Phi) is 5.81. The smallest absolute Gasteiger partial charge is 0.271 e. The molecule has 0 heterocycles. The van der Waals surface area contributed by atoms with Crippen LogP contribution < -0.4 is 10.2 Å². The lowest BCUT2D eigenvalue weighted by atomic mass is 10.2. The van der Waals surface area contributed by atoms with Gasteiger partial charge in [-0.25, -0.2) is 5.43 Å². The molecule has 2 aromatic rings. The predicted molar refractivity (Wildman–Crippen MR) is 89.1 cm³/mol. The van der Waals surface area contributed by atoms with E-state index in [1.165, 1.54) is 6.07 Å². The highest BCUT2D eigenvalue weighted by atomic mass is 35.5. The molecule has 0 fully saturated rings. The molecule has 0 aliphatic heterocycles. The molecule has 0 bridgehead atoms. The fraction of sp³-hybridized carbons (Fsp3) is 0.125. The summed E-state index contributed by atoms with van der Waals surface area (Å²) in [6, 6.07) is 12.0. The standard InChI is InChI=1S/C16H14Cl2N2O2/c1-2-22-13-6-3-11(4-7-13)10-19-20-16(21)12-5-8-14(17)15(18)9-12/h3-10H,2H2,1H3,(H,20,21)/b19-10+. The molecule has 2 rings (SSSR count). The number of rotatable bonds is 5. The van der Waals surface area contributed by atoms with Crippen molar-refractivity contribution in [2.24, 2.45) is 5.10 Å². The number of amides is 1. The molecule has 0 aromatic heterocycles. The van der Waals surface area contributed by atoms with Gasteiger partial charge in [0.05, 0.1) is 22.9 Å². The summed E-state index contributed by atoms with van der Waals surface area (Å²) in [5.41, 5.74) is 3.66. The third-order valence-corrected chi connectivity index (χ3v) is 3.49. The summed E-state index contributed by atoms with van der Waals surface area (Å²) in [4.78, 5) is 11.9. The van der Waals surface area contributed by atoms with Crippen molar-refractivity contribution in [3.8, 4) is 5.75 Å². The van der Waals surface area contributed by atoms with Crippen LogP contribution in [0.2, 0.25) is 10.0 Å². The first-order valence-electron chi connectivity index (χ1n) is 6.61. The zero-order valence-electron chi connectivity index (χ0n) is 11.8. The molecule has 114 valence electrons. The molecule has 0 atom stereocenters. The van der Waals surface area contributed by atoms with E-state index in [1.807, 2.05) is 31.2 Å². The van der Waals surface area contributed by atoms with Gasteiger partial charge in [-0.15, -0.1) is 0 Å². The van der Waals surface area contributed by atoms with Crippen molar-refractivity contribution in [2.75, 3.05) is 6.61 Å². The normalized spacial score (nSPS) is 10.7.